The van der Waals surface area contributed by atoms with E-state index in [4.69, 9.17) is 40.2 Å². The highest BCUT2D eigenvalue weighted by Crippen LogP contribution is 2.40. The van der Waals surface area contributed by atoms with E-state index in [1.165, 1.54) is 0 Å². The van der Waals surface area contributed by atoms with Crippen molar-refractivity contribution in [3.8, 4) is 17.3 Å². The number of aromatic nitrogens is 2. The summed E-state index contributed by atoms with van der Waals surface area (Å²) in [5.41, 5.74) is 1.85. The van der Waals surface area contributed by atoms with Gasteiger partial charge in [-0.2, -0.15) is 9.78 Å². The average Bonchev–Trinajstić information content (AvgIpc) is 3.27. The van der Waals surface area contributed by atoms with Crippen LogP contribution in [0.25, 0.3) is 11.8 Å². The van der Waals surface area contributed by atoms with Crippen LogP contribution >= 0.6 is 47.2 Å². The molecule has 2 heterocycles. The minimum Gasteiger partial charge on any atom is -0.480 e. The molecule has 1 aliphatic heterocycles. The number of thiocarbonyl (C=S) groups is 1. The monoisotopic (exact) mass is 561 g/mol. The van der Waals surface area contributed by atoms with Crippen molar-refractivity contribution in [3.63, 3.8) is 0 Å². The molecule has 0 bridgehead atoms. The topological polar surface area (TPSA) is 84.7 Å². The number of thioether (sulfide) groups is 1. The number of carbonyl (C=O) groups is 2. The largest absolute Gasteiger partial charge is 0.480 e. The number of rotatable bonds is 7. The maximum Gasteiger partial charge on any atom is 0.327 e. The first-order valence-electron chi connectivity index (χ1n) is 10.9. The lowest BCUT2D eigenvalue weighted by Gasteiger charge is -2.26. The number of aliphatic carboxylic acids is 1. The Morgan fingerprint density at radius 3 is 2.50 bits per heavy atom. The van der Waals surface area contributed by atoms with Gasteiger partial charge >= 0.3 is 5.97 Å². The molecule has 0 saturated carbocycles. The molecule has 1 aromatic heterocycles. The van der Waals surface area contributed by atoms with Crippen molar-refractivity contribution in [1.29, 1.82) is 0 Å². The summed E-state index contributed by atoms with van der Waals surface area (Å²) in [6.45, 7) is 5.25. The number of para-hydroxylation sites is 1. The Morgan fingerprint density at radius 2 is 1.89 bits per heavy atom. The van der Waals surface area contributed by atoms with Crippen LogP contribution in [0.2, 0.25) is 10.0 Å². The van der Waals surface area contributed by atoms with Crippen molar-refractivity contribution in [1.82, 2.24) is 14.7 Å². The van der Waals surface area contributed by atoms with Gasteiger partial charge in [0.1, 0.15) is 16.1 Å². The Balaban J connectivity index is 1.83. The summed E-state index contributed by atoms with van der Waals surface area (Å²) in [5.74, 6) is -1.25. The average molecular weight is 563 g/mol. The van der Waals surface area contributed by atoms with E-state index >= 15 is 0 Å². The quantitative estimate of drug-likeness (QED) is 0.257. The number of carboxylic acids is 1. The van der Waals surface area contributed by atoms with E-state index < -0.39 is 17.9 Å². The Morgan fingerprint density at radius 1 is 1.19 bits per heavy atom. The summed E-state index contributed by atoms with van der Waals surface area (Å²) < 4.78 is 8.03. The van der Waals surface area contributed by atoms with Crippen molar-refractivity contribution in [2.75, 3.05) is 0 Å². The molecule has 4 rings (SSSR count). The molecule has 1 aliphatic rings. The van der Waals surface area contributed by atoms with Crippen molar-refractivity contribution in [2.45, 2.75) is 26.8 Å². The molecule has 1 fully saturated rings. The zero-order valence-corrected chi connectivity index (χ0v) is 22.6. The van der Waals surface area contributed by atoms with Gasteiger partial charge in [0.2, 0.25) is 5.88 Å². The third-order valence-electron chi connectivity index (χ3n) is 5.43. The first-order valence-corrected chi connectivity index (χ1v) is 12.8. The van der Waals surface area contributed by atoms with Crippen LogP contribution in [0.3, 0.4) is 0 Å². The van der Waals surface area contributed by atoms with E-state index in [1.807, 2.05) is 30.3 Å². The molecular formula is C25H21Cl2N3O4S2. The zero-order chi connectivity index (χ0) is 26.1. The molecule has 36 heavy (non-hydrogen) atoms. The number of hydrogen-bond acceptors (Lipinski definition) is 6. The van der Waals surface area contributed by atoms with Crippen LogP contribution in [0.4, 0.5) is 0 Å². The predicted molar refractivity (Wildman–Crippen MR) is 146 cm³/mol. The molecule has 0 unspecified atom stereocenters. The van der Waals surface area contributed by atoms with Crippen LogP contribution in [0, 0.1) is 12.8 Å². The molecule has 1 N–H and O–H groups in total. The molecule has 186 valence electrons. The number of nitrogens with zero attached hydrogens (tertiary/aromatic N) is 3. The minimum absolute atomic E-state index is 0.184. The van der Waals surface area contributed by atoms with Crippen LogP contribution in [-0.4, -0.2) is 42.0 Å². The van der Waals surface area contributed by atoms with Gasteiger partial charge in [0.25, 0.3) is 5.91 Å². The molecule has 1 amide bonds. The van der Waals surface area contributed by atoms with E-state index in [2.05, 4.69) is 5.10 Å². The van der Waals surface area contributed by atoms with E-state index in [9.17, 15) is 14.7 Å². The van der Waals surface area contributed by atoms with Gasteiger partial charge in [-0.1, -0.05) is 79.2 Å². The van der Waals surface area contributed by atoms with Gasteiger partial charge < -0.3 is 9.84 Å². The molecule has 0 spiro atoms. The molecule has 2 aromatic carbocycles. The summed E-state index contributed by atoms with van der Waals surface area (Å²) in [6.07, 6.45) is 1.62. The fourth-order valence-electron chi connectivity index (χ4n) is 3.73. The summed E-state index contributed by atoms with van der Waals surface area (Å²) in [7, 11) is 0. The van der Waals surface area contributed by atoms with Crippen LogP contribution in [0.1, 0.15) is 25.1 Å². The fraction of sp³-hybridized carbons (Fsp3) is 0.200. The number of ether oxygens (including phenoxy) is 1. The van der Waals surface area contributed by atoms with Crippen LogP contribution in [0.5, 0.6) is 11.6 Å². The Hall–Kier alpha value is -2.85. The molecule has 7 nitrogen and oxygen atoms in total. The zero-order valence-electron chi connectivity index (χ0n) is 19.4. The van der Waals surface area contributed by atoms with Gasteiger partial charge in [0.05, 0.1) is 26.9 Å². The summed E-state index contributed by atoms with van der Waals surface area (Å²) in [4.78, 5) is 26.6. The van der Waals surface area contributed by atoms with E-state index in [1.54, 1.807) is 49.7 Å². The highest BCUT2D eigenvalue weighted by molar-refractivity contribution is 8.26. The number of carbonyl (C=O) groups excluding carboxylic acids is 1. The number of carboxylic acid groups (broad SMARTS) is 1. The van der Waals surface area contributed by atoms with Crippen molar-refractivity contribution >= 4 is 69.5 Å². The third-order valence-corrected chi connectivity index (χ3v) is 7.29. The lowest BCUT2D eigenvalue weighted by molar-refractivity contribution is -0.146. The van der Waals surface area contributed by atoms with Crippen LogP contribution in [0.15, 0.2) is 53.4 Å². The SMILES string of the molecule is Cc1nn(-c2ccccc2)c(Oc2ccc(Cl)cc2Cl)c1/C=C1\SC(=S)N([C@H](C(=O)O)C(C)C)C1=O. The lowest BCUT2D eigenvalue weighted by Crippen LogP contribution is -2.47. The molecule has 3 aromatic rings. The highest BCUT2D eigenvalue weighted by atomic mass is 35.5. The van der Waals surface area contributed by atoms with Gasteiger partial charge in [0.15, 0.2) is 0 Å². The highest BCUT2D eigenvalue weighted by Gasteiger charge is 2.42. The Bertz CT molecular complexity index is 1390. The fourth-order valence-corrected chi connectivity index (χ4v) is 5.49. The number of hydrogen-bond donors (Lipinski definition) is 1. The second-order valence-corrected chi connectivity index (χ2v) is 10.8. The predicted octanol–water partition coefficient (Wildman–Crippen LogP) is 6.59. The Kier molecular flexibility index (Phi) is 7.75. The van der Waals surface area contributed by atoms with Gasteiger partial charge in [-0.15, -0.1) is 0 Å². The number of benzene rings is 2. The van der Waals surface area contributed by atoms with Gasteiger partial charge in [-0.05, 0) is 49.2 Å². The van der Waals surface area contributed by atoms with Crippen molar-refractivity contribution in [2.24, 2.45) is 5.92 Å². The lowest BCUT2D eigenvalue weighted by atomic mass is 10.0. The van der Waals surface area contributed by atoms with Gasteiger partial charge in [-0.25, -0.2) is 4.79 Å². The summed E-state index contributed by atoms with van der Waals surface area (Å²) in [6, 6.07) is 13.2. The van der Waals surface area contributed by atoms with Crippen molar-refractivity contribution in [3.05, 3.63) is 74.7 Å². The number of halogens is 2. The molecular weight excluding hydrogens is 541 g/mol. The van der Waals surface area contributed by atoms with Gasteiger partial charge in [0, 0.05) is 5.02 Å². The minimum atomic E-state index is -1.11. The third kappa shape index (κ3) is 5.15. The van der Waals surface area contributed by atoms with E-state index in [0.29, 0.717) is 32.9 Å². The smallest absolute Gasteiger partial charge is 0.327 e. The number of amides is 1. The molecule has 1 atom stereocenters. The van der Waals surface area contributed by atoms with Crippen LogP contribution in [-0.2, 0) is 9.59 Å². The maximum atomic E-state index is 13.3. The van der Waals surface area contributed by atoms with Crippen LogP contribution < -0.4 is 4.74 Å². The second-order valence-electron chi connectivity index (χ2n) is 8.31. The number of aryl methyl sites for hydroxylation is 1. The Labute approximate surface area is 227 Å². The molecule has 0 radical (unpaired) electrons. The molecule has 11 heteroatoms. The molecule has 0 aliphatic carbocycles. The summed E-state index contributed by atoms with van der Waals surface area (Å²) in [5, 5.41) is 15.1. The first kappa shape index (κ1) is 26.2. The van der Waals surface area contributed by atoms with E-state index in [-0.39, 0.29) is 15.1 Å². The first-order chi connectivity index (χ1) is 17.1. The normalized spacial score (nSPS) is 15.7. The molecule has 1 saturated heterocycles. The standard InChI is InChI=1S/C25H21Cl2N3O4S2/c1-13(2)21(24(32)33)29-22(31)20(36-25(29)35)12-17-14(3)28-30(16-7-5-4-6-8-16)23(17)34-19-10-9-15(26)11-18(19)27/h4-13,21H,1-3H3,(H,32,33)/b20-12-/t21-/m0/s1. The van der Waals surface area contributed by atoms with Gasteiger partial charge in [-0.3, -0.25) is 9.69 Å². The van der Waals surface area contributed by atoms with E-state index in [0.717, 1.165) is 22.3 Å². The summed E-state index contributed by atoms with van der Waals surface area (Å²) >= 11 is 18.8. The maximum absolute atomic E-state index is 13.3. The van der Waals surface area contributed by atoms with Crippen molar-refractivity contribution < 1.29 is 19.4 Å². The second kappa shape index (κ2) is 10.6.